The standard InChI is InChI=1S/C20H22F2N2O4S/c1-20(2)11-17(14-6-4-5-7-18(14)28-20)23-19(25)12-24(29(3,26)27)13-8-9-15(21)16(22)10-13/h4-10,17H,11-12H2,1-3H3,(H,23,25)/t17-/m1/s1. The monoisotopic (exact) mass is 424 g/mol. The van der Waals surface area contributed by atoms with Crippen LogP contribution in [0.25, 0.3) is 0 Å². The van der Waals surface area contributed by atoms with Crippen LogP contribution in [0.15, 0.2) is 42.5 Å². The van der Waals surface area contributed by atoms with Gasteiger partial charge in [0.1, 0.15) is 17.9 Å². The normalized spacial score (nSPS) is 17.8. The molecular weight excluding hydrogens is 402 g/mol. The molecule has 1 heterocycles. The Kier molecular flexibility index (Phi) is 5.53. The molecule has 0 saturated carbocycles. The molecule has 0 fully saturated rings. The Morgan fingerprint density at radius 2 is 1.90 bits per heavy atom. The summed E-state index contributed by atoms with van der Waals surface area (Å²) >= 11 is 0. The van der Waals surface area contributed by atoms with Gasteiger partial charge < -0.3 is 10.1 Å². The molecule has 0 aromatic heterocycles. The van der Waals surface area contributed by atoms with Gasteiger partial charge in [-0.15, -0.1) is 0 Å². The quantitative estimate of drug-likeness (QED) is 0.800. The highest BCUT2D eigenvalue weighted by Crippen LogP contribution is 2.39. The van der Waals surface area contributed by atoms with E-state index in [-0.39, 0.29) is 11.7 Å². The fraction of sp³-hybridized carbons (Fsp3) is 0.350. The first-order chi connectivity index (χ1) is 13.5. The fourth-order valence-electron chi connectivity index (χ4n) is 3.34. The van der Waals surface area contributed by atoms with Crippen LogP contribution in [0.5, 0.6) is 5.75 Å². The zero-order valence-corrected chi connectivity index (χ0v) is 17.1. The van der Waals surface area contributed by atoms with Gasteiger partial charge in [-0.3, -0.25) is 9.10 Å². The molecule has 6 nitrogen and oxygen atoms in total. The van der Waals surface area contributed by atoms with Gasteiger partial charge in [0, 0.05) is 18.1 Å². The first-order valence-corrected chi connectivity index (χ1v) is 10.8. The van der Waals surface area contributed by atoms with Crippen molar-refractivity contribution in [3.05, 3.63) is 59.7 Å². The number of nitrogens with one attached hydrogen (secondary N) is 1. The van der Waals surface area contributed by atoms with Gasteiger partial charge in [-0.1, -0.05) is 18.2 Å². The minimum Gasteiger partial charge on any atom is -0.487 e. The van der Waals surface area contributed by atoms with Crippen molar-refractivity contribution in [3.63, 3.8) is 0 Å². The number of fused-ring (bicyclic) bond motifs is 1. The summed E-state index contributed by atoms with van der Waals surface area (Å²) < 4.78 is 57.8. The SMILES string of the molecule is CC1(C)C[C@@H](NC(=O)CN(c2ccc(F)c(F)c2)S(C)(=O)=O)c2ccccc2O1. The maximum absolute atomic E-state index is 13.6. The van der Waals surface area contributed by atoms with Crippen LogP contribution < -0.4 is 14.4 Å². The van der Waals surface area contributed by atoms with Crippen LogP contribution in [0.3, 0.4) is 0 Å². The van der Waals surface area contributed by atoms with Crippen LogP contribution in [0, 0.1) is 11.6 Å². The lowest BCUT2D eigenvalue weighted by molar-refractivity contribution is -0.120. The molecule has 9 heteroatoms. The lowest BCUT2D eigenvalue weighted by Gasteiger charge is -2.38. The Balaban J connectivity index is 1.83. The van der Waals surface area contributed by atoms with Crippen molar-refractivity contribution in [2.45, 2.75) is 31.9 Å². The second-order valence-corrected chi connectivity index (χ2v) is 9.50. The third kappa shape index (κ3) is 4.84. The highest BCUT2D eigenvalue weighted by Gasteiger charge is 2.35. The molecule has 1 aliphatic rings. The van der Waals surface area contributed by atoms with Crippen LogP contribution in [-0.2, 0) is 14.8 Å². The van der Waals surface area contributed by atoms with Crippen molar-refractivity contribution in [2.75, 3.05) is 17.1 Å². The zero-order chi connectivity index (χ0) is 21.4. The van der Waals surface area contributed by atoms with E-state index < -0.39 is 39.7 Å². The van der Waals surface area contributed by atoms with Crippen LogP contribution in [0.4, 0.5) is 14.5 Å². The number of nitrogens with zero attached hydrogens (tertiary/aromatic N) is 1. The second-order valence-electron chi connectivity index (χ2n) is 7.59. The van der Waals surface area contributed by atoms with Crippen molar-refractivity contribution >= 4 is 21.6 Å². The number of amides is 1. The van der Waals surface area contributed by atoms with Crippen molar-refractivity contribution < 1.29 is 26.7 Å². The van der Waals surface area contributed by atoms with Gasteiger partial charge in [0.15, 0.2) is 11.6 Å². The maximum Gasteiger partial charge on any atom is 0.241 e. The third-order valence-corrected chi connectivity index (χ3v) is 5.73. The van der Waals surface area contributed by atoms with Crippen molar-refractivity contribution in [1.29, 1.82) is 0 Å². The van der Waals surface area contributed by atoms with Gasteiger partial charge >= 0.3 is 0 Å². The number of benzene rings is 2. The Bertz CT molecular complexity index is 1040. The van der Waals surface area contributed by atoms with E-state index in [1.807, 2.05) is 32.0 Å². The number of hydrogen-bond donors (Lipinski definition) is 1. The van der Waals surface area contributed by atoms with Crippen molar-refractivity contribution in [3.8, 4) is 5.75 Å². The first-order valence-electron chi connectivity index (χ1n) is 8.96. The number of halogens is 2. The summed E-state index contributed by atoms with van der Waals surface area (Å²) in [5.74, 6) is -2.23. The summed E-state index contributed by atoms with van der Waals surface area (Å²) in [6.45, 7) is 3.22. The molecule has 0 bridgehead atoms. The van der Waals surface area contributed by atoms with Crippen LogP contribution in [0.1, 0.15) is 31.9 Å². The van der Waals surface area contributed by atoms with E-state index in [2.05, 4.69) is 5.32 Å². The summed E-state index contributed by atoms with van der Waals surface area (Å²) in [7, 11) is -3.91. The molecule has 0 spiro atoms. The van der Waals surface area contributed by atoms with E-state index in [0.29, 0.717) is 12.2 Å². The van der Waals surface area contributed by atoms with Gasteiger partial charge in [0.25, 0.3) is 0 Å². The number of rotatable bonds is 5. The Hall–Kier alpha value is -2.68. The van der Waals surface area contributed by atoms with Gasteiger partial charge in [0.05, 0.1) is 18.0 Å². The van der Waals surface area contributed by atoms with Crippen molar-refractivity contribution in [2.24, 2.45) is 0 Å². The number of anilines is 1. The molecule has 1 amide bonds. The molecule has 0 saturated heterocycles. The largest absolute Gasteiger partial charge is 0.487 e. The van der Waals surface area contributed by atoms with Gasteiger partial charge in [-0.2, -0.15) is 0 Å². The molecule has 0 aliphatic carbocycles. The summed E-state index contributed by atoms with van der Waals surface area (Å²) in [5.41, 5.74) is 0.135. The molecule has 2 aromatic rings. The Morgan fingerprint density at radius 3 is 2.55 bits per heavy atom. The van der Waals surface area contributed by atoms with Crippen molar-refractivity contribution in [1.82, 2.24) is 5.32 Å². The fourth-order valence-corrected chi connectivity index (χ4v) is 4.19. The molecule has 29 heavy (non-hydrogen) atoms. The highest BCUT2D eigenvalue weighted by molar-refractivity contribution is 7.92. The number of hydrogen-bond acceptors (Lipinski definition) is 4. The lowest BCUT2D eigenvalue weighted by atomic mass is 9.89. The van der Waals surface area contributed by atoms with E-state index in [0.717, 1.165) is 34.3 Å². The minimum absolute atomic E-state index is 0.130. The first kappa shape index (κ1) is 21.0. The molecule has 3 rings (SSSR count). The molecule has 1 atom stereocenters. The summed E-state index contributed by atoms with van der Waals surface area (Å²) in [6, 6.07) is 9.58. The zero-order valence-electron chi connectivity index (χ0n) is 16.3. The van der Waals surface area contributed by atoms with E-state index in [9.17, 15) is 22.0 Å². The van der Waals surface area contributed by atoms with Gasteiger partial charge in [0.2, 0.25) is 15.9 Å². The predicted octanol–water partition coefficient (Wildman–Crippen LogP) is 3.15. The Morgan fingerprint density at radius 1 is 1.21 bits per heavy atom. The third-order valence-electron chi connectivity index (χ3n) is 4.59. The molecular formula is C20H22F2N2O4S. The minimum atomic E-state index is -3.91. The highest BCUT2D eigenvalue weighted by atomic mass is 32.2. The summed E-state index contributed by atoms with van der Waals surface area (Å²) in [4.78, 5) is 12.7. The molecule has 1 N–H and O–H groups in total. The van der Waals surface area contributed by atoms with E-state index in [1.54, 1.807) is 6.07 Å². The van der Waals surface area contributed by atoms with Crippen LogP contribution in [-0.4, -0.2) is 32.7 Å². The molecule has 0 unspecified atom stereocenters. The molecule has 2 aromatic carbocycles. The predicted molar refractivity (Wildman–Crippen MR) is 105 cm³/mol. The van der Waals surface area contributed by atoms with E-state index >= 15 is 0 Å². The second kappa shape index (κ2) is 7.62. The molecule has 1 aliphatic heterocycles. The average Bonchev–Trinajstić information content (AvgIpc) is 2.60. The van der Waals surface area contributed by atoms with Crippen LogP contribution in [0.2, 0.25) is 0 Å². The molecule has 156 valence electrons. The topological polar surface area (TPSA) is 75.7 Å². The molecule has 0 radical (unpaired) electrons. The number of para-hydroxylation sites is 1. The maximum atomic E-state index is 13.6. The van der Waals surface area contributed by atoms with Gasteiger partial charge in [-0.05, 0) is 32.0 Å². The summed E-state index contributed by atoms with van der Waals surface area (Å²) in [6.07, 6.45) is 1.38. The lowest BCUT2D eigenvalue weighted by Crippen LogP contribution is -2.45. The number of ether oxygens (including phenoxy) is 1. The Labute approximate surface area is 168 Å². The average molecular weight is 424 g/mol. The summed E-state index contributed by atoms with van der Waals surface area (Å²) in [5, 5.41) is 2.84. The van der Waals surface area contributed by atoms with E-state index in [4.69, 9.17) is 4.74 Å². The smallest absolute Gasteiger partial charge is 0.241 e. The van der Waals surface area contributed by atoms with Gasteiger partial charge in [-0.25, -0.2) is 17.2 Å². The number of carbonyl (C=O) groups is 1. The number of sulfonamides is 1. The number of carbonyl (C=O) groups excluding carboxylic acids is 1. The van der Waals surface area contributed by atoms with Crippen LogP contribution >= 0.6 is 0 Å². The van der Waals surface area contributed by atoms with E-state index in [1.165, 1.54) is 0 Å².